The summed E-state index contributed by atoms with van der Waals surface area (Å²) in [5.41, 5.74) is 0.834. The number of esters is 2. The van der Waals surface area contributed by atoms with Crippen LogP contribution in [0.25, 0.3) is 0 Å². The highest BCUT2D eigenvalue weighted by Gasteiger charge is 2.52. The maximum atomic E-state index is 12.2. The van der Waals surface area contributed by atoms with Gasteiger partial charge in [0.1, 0.15) is 0 Å². The summed E-state index contributed by atoms with van der Waals surface area (Å²) in [7, 11) is 0. The summed E-state index contributed by atoms with van der Waals surface area (Å²) in [6, 6.07) is 0. The molecule has 1 aliphatic rings. The fraction of sp³-hybridized carbons (Fsp3) is 0.600. The summed E-state index contributed by atoms with van der Waals surface area (Å²) in [4.78, 5) is 24.4. The minimum Gasteiger partial charge on any atom is -0.465 e. The van der Waals surface area contributed by atoms with Gasteiger partial charge in [-0.15, -0.1) is 0 Å². The molecule has 0 aliphatic heterocycles. The molecule has 1 rings (SSSR count). The SMILES string of the molecule is C=CC1=C(CC)CC(C(=O)OCC)(C(=O)OCC)C1. The minimum atomic E-state index is -1.21. The van der Waals surface area contributed by atoms with Crippen molar-refractivity contribution >= 4 is 11.9 Å². The summed E-state index contributed by atoms with van der Waals surface area (Å²) in [6.07, 6.45) is 3.22. The molecular weight excluding hydrogens is 244 g/mol. The molecule has 0 saturated carbocycles. The molecule has 0 aromatic heterocycles. The Balaban J connectivity index is 3.08. The third kappa shape index (κ3) is 2.88. The normalized spacial score (nSPS) is 17.2. The van der Waals surface area contributed by atoms with Gasteiger partial charge in [-0.3, -0.25) is 9.59 Å². The number of allylic oxidation sites excluding steroid dienone is 3. The van der Waals surface area contributed by atoms with Crippen LogP contribution in [-0.2, 0) is 19.1 Å². The van der Waals surface area contributed by atoms with E-state index >= 15 is 0 Å². The van der Waals surface area contributed by atoms with Gasteiger partial charge in [-0.05, 0) is 38.7 Å². The fourth-order valence-electron chi connectivity index (χ4n) is 2.47. The Morgan fingerprint density at radius 3 is 2.00 bits per heavy atom. The van der Waals surface area contributed by atoms with Crippen LogP contribution in [-0.4, -0.2) is 25.2 Å². The molecule has 106 valence electrons. The molecule has 0 N–H and O–H groups in total. The van der Waals surface area contributed by atoms with Gasteiger partial charge in [-0.1, -0.05) is 25.2 Å². The fourth-order valence-corrected chi connectivity index (χ4v) is 2.47. The molecule has 19 heavy (non-hydrogen) atoms. The Labute approximate surface area is 114 Å². The van der Waals surface area contributed by atoms with Crippen molar-refractivity contribution in [1.82, 2.24) is 0 Å². The largest absolute Gasteiger partial charge is 0.465 e. The number of carbonyl (C=O) groups excluding carboxylic acids is 2. The van der Waals surface area contributed by atoms with Crippen molar-refractivity contribution in [3.8, 4) is 0 Å². The Bertz CT molecular complexity index is 388. The zero-order valence-electron chi connectivity index (χ0n) is 12.0. The van der Waals surface area contributed by atoms with Crippen molar-refractivity contribution in [3.05, 3.63) is 23.8 Å². The minimum absolute atomic E-state index is 0.255. The van der Waals surface area contributed by atoms with E-state index in [1.54, 1.807) is 19.9 Å². The summed E-state index contributed by atoms with van der Waals surface area (Å²) >= 11 is 0. The van der Waals surface area contributed by atoms with Gasteiger partial charge >= 0.3 is 11.9 Å². The molecule has 0 spiro atoms. The average molecular weight is 266 g/mol. The van der Waals surface area contributed by atoms with Crippen LogP contribution in [0.15, 0.2) is 23.8 Å². The summed E-state index contributed by atoms with van der Waals surface area (Å²) in [5.74, 6) is -0.979. The molecule has 0 heterocycles. The van der Waals surface area contributed by atoms with E-state index in [0.717, 1.165) is 17.6 Å². The molecule has 0 fully saturated rings. The number of hydrogen-bond donors (Lipinski definition) is 0. The molecule has 0 unspecified atom stereocenters. The first-order valence-electron chi connectivity index (χ1n) is 6.73. The van der Waals surface area contributed by atoms with Gasteiger partial charge in [0.05, 0.1) is 13.2 Å². The molecule has 0 aromatic carbocycles. The average Bonchev–Trinajstić information content (AvgIpc) is 2.79. The van der Waals surface area contributed by atoms with Crippen LogP contribution in [0, 0.1) is 5.41 Å². The van der Waals surface area contributed by atoms with E-state index in [4.69, 9.17) is 9.47 Å². The lowest BCUT2D eigenvalue weighted by Crippen LogP contribution is -2.40. The van der Waals surface area contributed by atoms with Crippen LogP contribution < -0.4 is 0 Å². The number of rotatable bonds is 6. The smallest absolute Gasteiger partial charge is 0.324 e. The van der Waals surface area contributed by atoms with E-state index in [-0.39, 0.29) is 13.2 Å². The molecule has 0 amide bonds. The molecule has 0 aromatic rings. The Morgan fingerprint density at radius 1 is 1.16 bits per heavy atom. The second kappa shape index (κ2) is 6.55. The summed E-state index contributed by atoms with van der Waals surface area (Å²) in [5, 5.41) is 0. The van der Waals surface area contributed by atoms with Crippen LogP contribution in [0.4, 0.5) is 0 Å². The molecular formula is C15H22O4. The van der Waals surface area contributed by atoms with E-state index in [0.29, 0.717) is 12.8 Å². The van der Waals surface area contributed by atoms with Gasteiger partial charge in [0.15, 0.2) is 5.41 Å². The van der Waals surface area contributed by atoms with Crippen molar-refractivity contribution in [1.29, 1.82) is 0 Å². The Morgan fingerprint density at radius 2 is 1.68 bits per heavy atom. The van der Waals surface area contributed by atoms with Crippen LogP contribution >= 0.6 is 0 Å². The molecule has 0 atom stereocenters. The van der Waals surface area contributed by atoms with Gasteiger partial charge in [0, 0.05) is 0 Å². The number of carbonyl (C=O) groups is 2. The first-order chi connectivity index (χ1) is 9.05. The van der Waals surface area contributed by atoms with Crippen molar-refractivity contribution in [2.24, 2.45) is 5.41 Å². The molecule has 4 heteroatoms. The maximum Gasteiger partial charge on any atom is 0.324 e. The highest BCUT2D eigenvalue weighted by molar-refractivity contribution is 6.01. The number of hydrogen-bond acceptors (Lipinski definition) is 4. The topological polar surface area (TPSA) is 52.6 Å². The van der Waals surface area contributed by atoms with E-state index in [2.05, 4.69) is 6.58 Å². The van der Waals surface area contributed by atoms with Gasteiger partial charge in [-0.25, -0.2) is 0 Å². The van der Waals surface area contributed by atoms with Gasteiger partial charge in [-0.2, -0.15) is 0 Å². The molecule has 0 bridgehead atoms. The lowest BCUT2D eigenvalue weighted by Gasteiger charge is -2.24. The van der Waals surface area contributed by atoms with Crippen LogP contribution in [0.5, 0.6) is 0 Å². The predicted octanol–water partition coefficient (Wildman–Crippen LogP) is 2.79. The van der Waals surface area contributed by atoms with Crippen LogP contribution in [0.2, 0.25) is 0 Å². The maximum absolute atomic E-state index is 12.2. The quantitative estimate of drug-likeness (QED) is 0.548. The first-order valence-corrected chi connectivity index (χ1v) is 6.73. The van der Waals surface area contributed by atoms with Gasteiger partial charge < -0.3 is 9.47 Å². The van der Waals surface area contributed by atoms with Gasteiger partial charge in [0.2, 0.25) is 0 Å². The Hall–Kier alpha value is -1.58. The highest BCUT2D eigenvalue weighted by Crippen LogP contribution is 2.45. The second-order valence-electron chi connectivity index (χ2n) is 4.56. The second-order valence-corrected chi connectivity index (χ2v) is 4.56. The summed E-state index contributed by atoms with van der Waals surface area (Å²) in [6.45, 7) is 9.73. The van der Waals surface area contributed by atoms with E-state index < -0.39 is 17.4 Å². The molecule has 4 nitrogen and oxygen atoms in total. The molecule has 0 saturated heterocycles. The number of ether oxygens (including phenoxy) is 2. The molecule has 1 aliphatic carbocycles. The molecule has 0 radical (unpaired) electrons. The lowest BCUT2D eigenvalue weighted by molar-refractivity contribution is -0.171. The van der Waals surface area contributed by atoms with Crippen molar-refractivity contribution < 1.29 is 19.1 Å². The van der Waals surface area contributed by atoms with Crippen molar-refractivity contribution in [2.45, 2.75) is 40.0 Å². The zero-order chi connectivity index (χ0) is 14.5. The van der Waals surface area contributed by atoms with E-state index in [9.17, 15) is 9.59 Å². The predicted molar refractivity (Wildman–Crippen MR) is 72.4 cm³/mol. The Kier molecular flexibility index (Phi) is 5.33. The van der Waals surface area contributed by atoms with E-state index in [1.807, 2.05) is 6.92 Å². The first kappa shape index (κ1) is 15.5. The van der Waals surface area contributed by atoms with Crippen LogP contribution in [0.3, 0.4) is 0 Å². The third-order valence-corrected chi connectivity index (χ3v) is 3.47. The standard InChI is InChI=1S/C15H22O4/c1-5-11-9-15(10-12(11)6-2,13(16)18-7-3)14(17)19-8-4/h5H,1,6-10H2,2-4H3. The van der Waals surface area contributed by atoms with Crippen molar-refractivity contribution in [2.75, 3.05) is 13.2 Å². The monoisotopic (exact) mass is 266 g/mol. The third-order valence-electron chi connectivity index (χ3n) is 3.47. The lowest BCUT2D eigenvalue weighted by atomic mass is 9.83. The van der Waals surface area contributed by atoms with E-state index in [1.165, 1.54) is 0 Å². The van der Waals surface area contributed by atoms with Gasteiger partial charge in [0.25, 0.3) is 0 Å². The van der Waals surface area contributed by atoms with Crippen LogP contribution in [0.1, 0.15) is 40.0 Å². The summed E-state index contributed by atoms with van der Waals surface area (Å²) < 4.78 is 10.2. The van der Waals surface area contributed by atoms with Crippen molar-refractivity contribution in [3.63, 3.8) is 0 Å². The zero-order valence-corrected chi connectivity index (χ0v) is 12.0. The highest BCUT2D eigenvalue weighted by atomic mass is 16.6.